The van der Waals surface area contributed by atoms with Crippen molar-refractivity contribution in [3.8, 4) is 0 Å². The van der Waals surface area contributed by atoms with Gasteiger partial charge in [0.15, 0.2) is 0 Å². The van der Waals surface area contributed by atoms with Crippen LogP contribution < -0.4 is 4.90 Å². The van der Waals surface area contributed by atoms with Gasteiger partial charge >= 0.3 is 0 Å². The Kier molecular flexibility index (Phi) is 5.08. The zero-order valence-corrected chi connectivity index (χ0v) is 28.5. The van der Waals surface area contributed by atoms with Gasteiger partial charge in [-0.15, -0.1) is 0 Å². The van der Waals surface area contributed by atoms with E-state index in [0.717, 1.165) is 33.7 Å². The van der Waals surface area contributed by atoms with Crippen LogP contribution in [0.5, 0.6) is 0 Å². The van der Waals surface area contributed by atoms with Crippen molar-refractivity contribution in [2.45, 2.75) is 0 Å². The molecule has 0 N–H and O–H groups in total. The number of nitrogens with zero attached hydrogens (tertiary/aromatic N) is 4. The second-order valence-electron chi connectivity index (χ2n) is 14.4. The van der Waals surface area contributed by atoms with Gasteiger partial charge in [-0.3, -0.25) is 4.40 Å². The molecule has 0 aliphatic rings. The molecule has 4 nitrogen and oxygen atoms in total. The Labute approximate surface area is 302 Å². The monoisotopic (exact) mass is 672 g/mol. The predicted octanol–water partition coefficient (Wildman–Crippen LogP) is 13.2. The molecule has 0 aliphatic carbocycles. The largest absolute Gasteiger partial charge is 0.308 e. The molecular weight excluding hydrogens is 645 g/mol. The molecule has 0 bridgehead atoms. The third-order valence-corrected chi connectivity index (χ3v) is 11.7. The maximum Gasteiger partial charge on any atom is 0.146 e. The van der Waals surface area contributed by atoms with E-state index in [0.29, 0.717) is 0 Å². The topological polar surface area (TPSA) is 25.0 Å². The van der Waals surface area contributed by atoms with Crippen LogP contribution in [-0.4, -0.2) is 13.8 Å². The Morgan fingerprint density at radius 3 is 1.72 bits per heavy atom. The number of aromatic nitrogens is 3. The van der Waals surface area contributed by atoms with Crippen molar-refractivity contribution in [3.63, 3.8) is 0 Å². The average Bonchev–Trinajstić information content (AvgIpc) is 3.93. The van der Waals surface area contributed by atoms with Gasteiger partial charge in [-0.05, 0) is 76.1 Å². The first-order valence-electron chi connectivity index (χ1n) is 18.2. The molecule has 5 heterocycles. The van der Waals surface area contributed by atoms with Crippen molar-refractivity contribution < 1.29 is 0 Å². The molecule has 13 rings (SSSR count). The summed E-state index contributed by atoms with van der Waals surface area (Å²) in [6, 6.07) is 62.0. The van der Waals surface area contributed by atoms with Gasteiger partial charge in [0.05, 0.1) is 38.8 Å². The first-order chi connectivity index (χ1) is 26.3. The van der Waals surface area contributed by atoms with Crippen LogP contribution in [0.4, 0.5) is 17.1 Å². The summed E-state index contributed by atoms with van der Waals surface area (Å²) in [6.07, 6.45) is 0. The quantitative estimate of drug-likeness (QED) is 0.187. The molecule has 0 radical (unpaired) electrons. The van der Waals surface area contributed by atoms with E-state index in [1.165, 1.54) is 81.3 Å². The molecule has 13 aromatic rings. The van der Waals surface area contributed by atoms with E-state index in [4.69, 9.17) is 4.98 Å². The van der Waals surface area contributed by atoms with Crippen LogP contribution >= 0.6 is 0 Å². The Bertz CT molecular complexity index is 3580. The molecule has 0 saturated heterocycles. The number of anilines is 3. The normalized spacial score (nSPS) is 12.5. The van der Waals surface area contributed by atoms with E-state index in [1.54, 1.807) is 0 Å². The second kappa shape index (κ2) is 9.78. The molecule has 0 unspecified atom stereocenters. The third kappa shape index (κ3) is 3.43. The number of pyridine rings is 1. The van der Waals surface area contributed by atoms with E-state index in [1.807, 2.05) is 0 Å². The maximum absolute atomic E-state index is 5.76. The molecule has 8 aromatic carbocycles. The van der Waals surface area contributed by atoms with E-state index < -0.39 is 0 Å². The Hall–Kier alpha value is -7.17. The molecule has 0 atom stereocenters. The summed E-state index contributed by atoms with van der Waals surface area (Å²) in [4.78, 5) is 8.16. The van der Waals surface area contributed by atoms with Crippen LogP contribution in [0.3, 0.4) is 0 Å². The van der Waals surface area contributed by atoms with Crippen molar-refractivity contribution in [2.75, 3.05) is 4.90 Å². The lowest BCUT2D eigenvalue weighted by Gasteiger charge is -2.26. The van der Waals surface area contributed by atoms with Crippen molar-refractivity contribution in [1.82, 2.24) is 13.8 Å². The molecule has 0 aliphatic heterocycles. The summed E-state index contributed by atoms with van der Waals surface area (Å²) in [5, 5.41) is 13.6. The average molecular weight is 673 g/mol. The van der Waals surface area contributed by atoms with Gasteiger partial charge in [-0.1, -0.05) is 115 Å². The van der Waals surface area contributed by atoms with Crippen molar-refractivity contribution in [2.24, 2.45) is 0 Å². The molecule has 0 saturated carbocycles. The fourth-order valence-corrected chi connectivity index (χ4v) is 9.52. The molecule has 0 spiro atoms. The number of hydrogen-bond donors (Lipinski definition) is 0. The lowest BCUT2D eigenvalue weighted by molar-refractivity contribution is 1.27. The van der Waals surface area contributed by atoms with Crippen molar-refractivity contribution >= 4 is 115 Å². The number of hydrogen-bond acceptors (Lipinski definition) is 2. The van der Waals surface area contributed by atoms with E-state index in [2.05, 4.69) is 184 Å². The zero-order chi connectivity index (χ0) is 34.4. The summed E-state index contributed by atoms with van der Waals surface area (Å²) in [6.45, 7) is 0. The highest BCUT2D eigenvalue weighted by atomic mass is 15.2. The third-order valence-electron chi connectivity index (χ3n) is 11.7. The van der Waals surface area contributed by atoms with Gasteiger partial charge in [0.1, 0.15) is 5.65 Å². The summed E-state index contributed by atoms with van der Waals surface area (Å²) in [5.41, 5.74) is 11.4. The van der Waals surface area contributed by atoms with Crippen LogP contribution in [0.2, 0.25) is 0 Å². The Balaban J connectivity index is 1.25. The molecule has 5 aromatic heterocycles. The lowest BCUT2D eigenvalue weighted by atomic mass is 10.0. The van der Waals surface area contributed by atoms with Gasteiger partial charge in [0, 0.05) is 49.1 Å². The van der Waals surface area contributed by atoms with E-state index >= 15 is 0 Å². The minimum absolute atomic E-state index is 1.01. The molecule has 244 valence electrons. The smallest absolute Gasteiger partial charge is 0.146 e. The van der Waals surface area contributed by atoms with Crippen LogP contribution in [0.25, 0.3) is 98.0 Å². The number of para-hydroxylation sites is 4. The Morgan fingerprint density at radius 2 is 0.962 bits per heavy atom. The first-order valence-corrected chi connectivity index (χ1v) is 18.2. The molecule has 0 amide bonds. The second-order valence-corrected chi connectivity index (χ2v) is 14.4. The SMILES string of the molecule is c1ccc(N(c2ccccc2)c2cccc3c4cc5ccccc5c5c6nc7c(cc6n(c23)c45)c2cccc3c4cc5ccccc5cc4n7c32)cc1. The highest BCUT2D eigenvalue weighted by Crippen LogP contribution is 2.49. The summed E-state index contributed by atoms with van der Waals surface area (Å²) >= 11 is 0. The summed E-state index contributed by atoms with van der Waals surface area (Å²) in [7, 11) is 0. The Morgan fingerprint density at radius 1 is 0.377 bits per heavy atom. The number of rotatable bonds is 3. The first kappa shape index (κ1) is 27.5. The van der Waals surface area contributed by atoms with Crippen molar-refractivity contribution in [3.05, 3.63) is 170 Å². The summed E-state index contributed by atoms with van der Waals surface area (Å²) < 4.78 is 4.94. The highest BCUT2D eigenvalue weighted by Gasteiger charge is 2.27. The molecule has 4 heteroatoms. The van der Waals surface area contributed by atoms with Gasteiger partial charge in [0.25, 0.3) is 0 Å². The van der Waals surface area contributed by atoms with Gasteiger partial charge < -0.3 is 9.30 Å². The zero-order valence-electron chi connectivity index (χ0n) is 28.5. The van der Waals surface area contributed by atoms with Crippen LogP contribution in [-0.2, 0) is 0 Å². The lowest BCUT2D eigenvalue weighted by Crippen LogP contribution is -2.10. The number of benzene rings is 8. The molecule has 0 fully saturated rings. The fraction of sp³-hybridized carbons (Fsp3) is 0. The maximum atomic E-state index is 5.76. The highest BCUT2D eigenvalue weighted by molar-refractivity contribution is 6.33. The molecular formula is C49H28N4. The van der Waals surface area contributed by atoms with Crippen LogP contribution in [0, 0.1) is 0 Å². The predicted molar refractivity (Wildman–Crippen MR) is 223 cm³/mol. The van der Waals surface area contributed by atoms with Crippen molar-refractivity contribution in [1.29, 1.82) is 0 Å². The van der Waals surface area contributed by atoms with Gasteiger partial charge in [-0.25, -0.2) is 4.98 Å². The van der Waals surface area contributed by atoms with Crippen LogP contribution in [0.1, 0.15) is 0 Å². The molecule has 53 heavy (non-hydrogen) atoms. The van der Waals surface area contributed by atoms with Crippen LogP contribution in [0.15, 0.2) is 170 Å². The standard InChI is InChI=1S/C49H28N4/c1-3-16-32(17-4-1)51(33-18-5-2-6-19-33)41-24-12-23-36-39-26-31-15-9-10-20-34(31)44-45-43(52(47(36)41)48(39)44)28-40-37-22-11-21-35-38-25-29-13-7-8-14-30(29)27-42(38)53(46(35)37)49(40)50-45/h1-28H. The van der Waals surface area contributed by atoms with Gasteiger partial charge in [0.2, 0.25) is 0 Å². The van der Waals surface area contributed by atoms with E-state index in [9.17, 15) is 0 Å². The van der Waals surface area contributed by atoms with Gasteiger partial charge in [-0.2, -0.15) is 0 Å². The van der Waals surface area contributed by atoms with E-state index in [-0.39, 0.29) is 0 Å². The fourth-order valence-electron chi connectivity index (χ4n) is 9.52. The minimum atomic E-state index is 1.01. The summed E-state index contributed by atoms with van der Waals surface area (Å²) in [5.74, 6) is 0. The minimum Gasteiger partial charge on any atom is -0.308 e. The number of fused-ring (bicyclic) bond motifs is 15.